The summed E-state index contributed by atoms with van der Waals surface area (Å²) in [6, 6.07) is 3.78. The molecule has 5 nitrogen and oxygen atoms in total. The highest BCUT2D eigenvalue weighted by Gasteiger charge is 2.16. The first kappa shape index (κ1) is 16.7. The van der Waals surface area contributed by atoms with Crippen LogP contribution in [0.2, 0.25) is 0 Å². The van der Waals surface area contributed by atoms with Crippen LogP contribution in [0.5, 0.6) is 0 Å². The normalized spacial score (nSPS) is 10.7. The molecule has 0 radical (unpaired) electrons. The number of hydrogen-bond acceptors (Lipinski definition) is 3. The second-order valence-corrected chi connectivity index (χ2v) is 6.16. The summed E-state index contributed by atoms with van der Waals surface area (Å²) >= 11 is 3.42. The van der Waals surface area contributed by atoms with E-state index >= 15 is 0 Å². The fourth-order valence-electron chi connectivity index (χ4n) is 2.41. The van der Waals surface area contributed by atoms with Gasteiger partial charge in [-0.15, -0.1) is 0 Å². The molecule has 2 aromatic heterocycles. The van der Waals surface area contributed by atoms with Crippen LogP contribution in [0, 0.1) is 6.92 Å². The van der Waals surface area contributed by atoms with Gasteiger partial charge in [-0.3, -0.25) is 9.20 Å². The first-order chi connectivity index (χ1) is 10.6. The van der Waals surface area contributed by atoms with Gasteiger partial charge in [-0.05, 0) is 47.8 Å². The number of halogens is 1. The number of nitrogens with one attached hydrogen (secondary N) is 1. The lowest BCUT2D eigenvalue weighted by molar-refractivity contribution is 0.0948. The Morgan fingerprint density at radius 1 is 1.32 bits per heavy atom. The van der Waals surface area contributed by atoms with Crippen LogP contribution < -0.4 is 5.43 Å². The molecule has 22 heavy (non-hydrogen) atoms. The topological polar surface area (TPSA) is 58.8 Å². The van der Waals surface area contributed by atoms with Crippen LogP contribution >= 0.6 is 15.9 Å². The van der Waals surface area contributed by atoms with E-state index in [1.54, 1.807) is 4.40 Å². The van der Waals surface area contributed by atoms with Gasteiger partial charge in [-0.25, -0.2) is 10.4 Å². The molecule has 0 aliphatic rings. The third kappa shape index (κ3) is 3.74. The quantitative estimate of drug-likeness (QED) is 0.619. The molecule has 6 heteroatoms. The van der Waals surface area contributed by atoms with Gasteiger partial charge in [-0.2, -0.15) is 5.10 Å². The summed E-state index contributed by atoms with van der Waals surface area (Å²) in [5.41, 5.74) is 5.67. The van der Waals surface area contributed by atoms with Gasteiger partial charge in [-0.1, -0.05) is 26.7 Å². The lowest BCUT2D eigenvalue weighted by Crippen LogP contribution is -2.22. The highest BCUT2D eigenvalue weighted by Crippen LogP contribution is 2.16. The van der Waals surface area contributed by atoms with Crippen LogP contribution in [0.15, 0.2) is 27.9 Å². The average molecular weight is 365 g/mol. The lowest BCUT2D eigenvalue weighted by Gasteiger charge is -2.06. The maximum atomic E-state index is 12.5. The van der Waals surface area contributed by atoms with Crippen molar-refractivity contribution in [3.8, 4) is 0 Å². The number of hydrogen-bond donors (Lipinski definition) is 1. The molecule has 0 fully saturated rings. The van der Waals surface area contributed by atoms with Crippen LogP contribution in [0.4, 0.5) is 0 Å². The molecule has 2 rings (SSSR count). The first-order valence-electron chi connectivity index (χ1n) is 7.56. The maximum absolute atomic E-state index is 12.5. The van der Waals surface area contributed by atoms with E-state index in [0.717, 1.165) is 41.5 Å². The SMILES string of the molecule is CCCC(CCC)=NNC(=O)c1c(C)nc2ccc(Br)cn12. The van der Waals surface area contributed by atoms with Crippen molar-refractivity contribution >= 4 is 33.2 Å². The zero-order chi connectivity index (χ0) is 16.1. The number of fused-ring (bicyclic) bond motifs is 1. The molecule has 1 amide bonds. The van der Waals surface area contributed by atoms with Crippen molar-refractivity contribution in [2.75, 3.05) is 0 Å². The smallest absolute Gasteiger partial charge is 0.290 e. The van der Waals surface area contributed by atoms with Crippen LogP contribution in [-0.2, 0) is 0 Å². The van der Waals surface area contributed by atoms with E-state index in [1.807, 2.05) is 25.3 Å². The Balaban J connectivity index is 2.27. The number of amides is 1. The largest absolute Gasteiger partial charge is 0.294 e. The van der Waals surface area contributed by atoms with Gasteiger partial charge in [0.1, 0.15) is 11.3 Å². The number of aryl methyl sites for hydroxylation is 1. The van der Waals surface area contributed by atoms with Gasteiger partial charge in [0.05, 0.1) is 5.69 Å². The minimum Gasteiger partial charge on any atom is -0.294 e. The minimum absolute atomic E-state index is 0.229. The molecule has 0 atom stereocenters. The van der Waals surface area contributed by atoms with Gasteiger partial charge >= 0.3 is 0 Å². The Kier molecular flexibility index (Phi) is 5.71. The van der Waals surface area contributed by atoms with Gasteiger partial charge < -0.3 is 0 Å². The van der Waals surface area contributed by atoms with E-state index in [0.29, 0.717) is 11.4 Å². The van der Waals surface area contributed by atoms with E-state index in [4.69, 9.17) is 0 Å². The number of imidazole rings is 1. The Hall–Kier alpha value is -1.69. The van der Waals surface area contributed by atoms with Crippen molar-refractivity contribution < 1.29 is 4.79 Å². The minimum atomic E-state index is -0.229. The predicted octanol–water partition coefficient (Wildman–Crippen LogP) is 4.09. The van der Waals surface area contributed by atoms with E-state index < -0.39 is 0 Å². The van der Waals surface area contributed by atoms with E-state index in [1.165, 1.54) is 0 Å². The van der Waals surface area contributed by atoms with Crippen molar-refractivity contribution in [2.24, 2.45) is 5.10 Å². The second-order valence-electron chi connectivity index (χ2n) is 5.24. The summed E-state index contributed by atoms with van der Waals surface area (Å²) in [6.45, 7) is 6.05. The van der Waals surface area contributed by atoms with Crippen LogP contribution in [0.1, 0.15) is 55.7 Å². The summed E-state index contributed by atoms with van der Waals surface area (Å²) in [5.74, 6) is -0.229. The lowest BCUT2D eigenvalue weighted by atomic mass is 10.1. The van der Waals surface area contributed by atoms with Crippen molar-refractivity contribution in [3.05, 3.63) is 34.2 Å². The molecular formula is C16H21BrN4O. The van der Waals surface area contributed by atoms with Crippen molar-refractivity contribution in [3.63, 3.8) is 0 Å². The number of rotatable bonds is 6. The summed E-state index contributed by atoms with van der Waals surface area (Å²) in [7, 11) is 0. The Morgan fingerprint density at radius 2 is 2.00 bits per heavy atom. The molecule has 0 unspecified atom stereocenters. The predicted molar refractivity (Wildman–Crippen MR) is 92.3 cm³/mol. The monoisotopic (exact) mass is 364 g/mol. The molecule has 1 N–H and O–H groups in total. The fraction of sp³-hybridized carbons (Fsp3) is 0.438. The number of aromatic nitrogens is 2. The molecule has 0 aliphatic carbocycles. The van der Waals surface area contributed by atoms with Crippen molar-refractivity contribution in [1.29, 1.82) is 0 Å². The maximum Gasteiger partial charge on any atom is 0.290 e. The first-order valence-corrected chi connectivity index (χ1v) is 8.36. The fourth-order valence-corrected chi connectivity index (χ4v) is 2.74. The van der Waals surface area contributed by atoms with Crippen LogP contribution in [-0.4, -0.2) is 21.0 Å². The Labute approximate surface area is 138 Å². The van der Waals surface area contributed by atoms with Crippen LogP contribution in [0.3, 0.4) is 0 Å². The molecule has 0 aromatic carbocycles. The molecule has 0 aliphatic heterocycles. The summed E-state index contributed by atoms with van der Waals surface area (Å²) in [4.78, 5) is 16.9. The summed E-state index contributed by atoms with van der Waals surface area (Å²) in [6.07, 6.45) is 5.71. The molecule has 0 bridgehead atoms. The average Bonchev–Trinajstić information content (AvgIpc) is 2.80. The van der Waals surface area contributed by atoms with Gasteiger partial charge in [0, 0.05) is 16.4 Å². The number of nitrogens with zero attached hydrogens (tertiary/aromatic N) is 3. The van der Waals surface area contributed by atoms with Gasteiger partial charge in [0.25, 0.3) is 5.91 Å². The summed E-state index contributed by atoms with van der Waals surface area (Å²) in [5, 5.41) is 4.29. The zero-order valence-electron chi connectivity index (χ0n) is 13.2. The second kappa shape index (κ2) is 7.54. The third-order valence-corrected chi connectivity index (χ3v) is 3.83. The molecule has 0 saturated heterocycles. The highest BCUT2D eigenvalue weighted by molar-refractivity contribution is 9.10. The number of carbonyl (C=O) groups is 1. The number of pyridine rings is 1. The molecular weight excluding hydrogens is 344 g/mol. The van der Waals surface area contributed by atoms with Gasteiger partial charge in [0.2, 0.25) is 0 Å². The Bertz CT molecular complexity index is 697. The standard InChI is InChI=1S/C16H21BrN4O/c1-4-6-13(7-5-2)19-20-16(22)15-11(3)18-14-9-8-12(17)10-21(14)15/h8-10H,4-7H2,1-3H3,(H,20,22). The van der Waals surface area contributed by atoms with Crippen LogP contribution in [0.25, 0.3) is 5.65 Å². The molecule has 118 valence electrons. The van der Waals surface area contributed by atoms with E-state index in [-0.39, 0.29) is 5.91 Å². The van der Waals surface area contributed by atoms with Gasteiger partial charge in [0.15, 0.2) is 0 Å². The molecule has 0 saturated carbocycles. The zero-order valence-corrected chi connectivity index (χ0v) is 14.8. The van der Waals surface area contributed by atoms with E-state index in [2.05, 4.69) is 45.3 Å². The summed E-state index contributed by atoms with van der Waals surface area (Å²) < 4.78 is 2.68. The molecule has 0 spiro atoms. The number of carbonyl (C=O) groups excluding carboxylic acids is 1. The third-order valence-electron chi connectivity index (χ3n) is 3.36. The number of hydrazone groups is 1. The van der Waals surface area contributed by atoms with Crippen molar-refractivity contribution in [1.82, 2.24) is 14.8 Å². The molecule has 2 aromatic rings. The molecule has 2 heterocycles. The van der Waals surface area contributed by atoms with Crippen molar-refractivity contribution in [2.45, 2.75) is 46.5 Å². The van der Waals surface area contributed by atoms with E-state index in [9.17, 15) is 4.79 Å². The Morgan fingerprint density at radius 3 is 2.64 bits per heavy atom. The highest BCUT2D eigenvalue weighted by atomic mass is 79.9.